The first-order valence-corrected chi connectivity index (χ1v) is 12.2. The molecule has 0 atom stereocenters. The van der Waals surface area contributed by atoms with Crippen LogP contribution >= 0.6 is 34.5 Å². The van der Waals surface area contributed by atoms with E-state index in [1.165, 1.54) is 43.4 Å². The molecule has 162 valence electrons. The molecule has 1 aromatic carbocycles. The lowest BCUT2D eigenvalue weighted by Crippen LogP contribution is -2.48. The molecule has 2 fully saturated rings. The fourth-order valence-electron chi connectivity index (χ4n) is 4.16. The Hall–Kier alpha value is -1.25. The summed E-state index contributed by atoms with van der Waals surface area (Å²) in [5, 5.41) is 14.5. The van der Waals surface area contributed by atoms with Crippen LogP contribution in [0.3, 0.4) is 0 Å². The first-order chi connectivity index (χ1) is 14.6. The number of hydrogen-bond acceptors (Lipinski definition) is 6. The number of anilines is 1. The second-order valence-electron chi connectivity index (χ2n) is 8.12. The van der Waals surface area contributed by atoms with Gasteiger partial charge in [0.1, 0.15) is 5.01 Å². The number of aromatic nitrogens is 2. The normalized spacial score (nSPS) is 19.1. The van der Waals surface area contributed by atoms with Gasteiger partial charge in [-0.15, -0.1) is 10.2 Å². The van der Waals surface area contributed by atoms with Gasteiger partial charge in [-0.3, -0.25) is 19.9 Å². The Labute approximate surface area is 191 Å². The van der Waals surface area contributed by atoms with E-state index < -0.39 is 0 Å². The van der Waals surface area contributed by atoms with Crippen LogP contribution in [0.4, 0.5) is 5.13 Å². The number of carbonyl (C=O) groups excluding carboxylic acids is 1. The Morgan fingerprint density at radius 2 is 1.80 bits per heavy atom. The smallest absolute Gasteiger partial charge is 0.240 e. The third-order valence-electron chi connectivity index (χ3n) is 5.88. The zero-order valence-electron chi connectivity index (χ0n) is 16.9. The quantitative estimate of drug-likeness (QED) is 0.669. The molecule has 0 bridgehead atoms. The molecule has 1 N–H and O–H groups in total. The van der Waals surface area contributed by atoms with Gasteiger partial charge < -0.3 is 0 Å². The molecule has 6 nitrogen and oxygen atoms in total. The molecule has 4 rings (SSSR count). The Kier molecular flexibility index (Phi) is 7.59. The third-order valence-corrected chi connectivity index (χ3v) is 7.47. The third kappa shape index (κ3) is 5.92. The summed E-state index contributed by atoms with van der Waals surface area (Å²) in [6.07, 6.45) is 6.23. The Bertz CT molecular complexity index is 863. The summed E-state index contributed by atoms with van der Waals surface area (Å²) in [7, 11) is 0. The summed E-state index contributed by atoms with van der Waals surface area (Å²) in [6, 6.07) is 5.64. The zero-order valence-corrected chi connectivity index (χ0v) is 19.3. The standard InChI is InChI=1S/C21H27Cl2N5OS/c22-17-7-6-16(18(23)12-17)13-27-8-10-28(11-9-27)14-19(29)24-21-26-25-20(30-21)15-4-2-1-3-5-15/h6-7,12,15H,1-5,8-11,13-14H2,(H,24,26,29). The summed E-state index contributed by atoms with van der Waals surface area (Å²) in [6.45, 7) is 4.68. The Morgan fingerprint density at radius 3 is 2.53 bits per heavy atom. The summed E-state index contributed by atoms with van der Waals surface area (Å²) in [4.78, 5) is 17.0. The van der Waals surface area contributed by atoms with Crippen LogP contribution in [0.15, 0.2) is 18.2 Å². The lowest BCUT2D eigenvalue weighted by atomic mass is 9.90. The van der Waals surface area contributed by atoms with Crippen molar-refractivity contribution in [2.24, 2.45) is 0 Å². The largest absolute Gasteiger partial charge is 0.299 e. The van der Waals surface area contributed by atoms with Gasteiger partial charge in [0.25, 0.3) is 0 Å². The number of nitrogens with zero attached hydrogens (tertiary/aromatic N) is 4. The van der Waals surface area contributed by atoms with Gasteiger partial charge in [0.05, 0.1) is 6.54 Å². The van der Waals surface area contributed by atoms with E-state index in [-0.39, 0.29) is 5.91 Å². The molecule has 2 heterocycles. The van der Waals surface area contributed by atoms with E-state index >= 15 is 0 Å². The average Bonchev–Trinajstić information content (AvgIpc) is 3.20. The van der Waals surface area contributed by atoms with Crippen molar-refractivity contribution in [1.29, 1.82) is 0 Å². The van der Waals surface area contributed by atoms with Gasteiger partial charge in [-0.25, -0.2) is 0 Å². The molecule has 1 aromatic heterocycles. The number of amides is 1. The van der Waals surface area contributed by atoms with Crippen molar-refractivity contribution in [3.8, 4) is 0 Å². The molecule has 1 saturated heterocycles. The second-order valence-corrected chi connectivity index (χ2v) is 9.97. The highest BCUT2D eigenvalue weighted by molar-refractivity contribution is 7.15. The van der Waals surface area contributed by atoms with E-state index in [2.05, 4.69) is 25.3 Å². The number of nitrogens with one attached hydrogen (secondary N) is 1. The molecule has 2 aliphatic rings. The Balaban J connectivity index is 1.21. The van der Waals surface area contributed by atoms with E-state index in [9.17, 15) is 4.79 Å². The Morgan fingerprint density at radius 1 is 1.07 bits per heavy atom. The van der Waals surface area contributed by atoms with E-state index in [1.54, 1.807) is 6.07 Å². The van der Waals surface area contributed by atoms with Gasteiger partial charge in [-0.05, 0) is 30.5 Å². The lowest BCUT2D eigenvalue weighted by Gasteiger charge is -2.34. The van der Waals surface area contributed by atoms with E-state index in [0.29, 0.717) is 27.6 Å². The molecular weight excluding hydrogens is 441 g/mol. The predicted octanol–water partition coefficient (Wildman–Crippen LogP) is 4.65. The van der Waals surface area contributed by atoms with Gasteiger partial charge >= 0.3 is 0 Å². The minimum atomic E-state index is -0.0180. The van der Waals surface area contributed by atoms with Gasteiger partial charge in [0, 0.05) is 48.7 Å². The number of rotatable bonds is 6. The summed E-state index contributed by atoms with van der Waals surface area (Å²) < 4.78 is 0. The molecule has 30 heavy (non-hydrogen) atoms. The minimum Gasteiger partial charge on any atom is -0.299 e. The highest BCUT2D eigenvalue weighted by Gasteiger charge is 2.22. The van der Waals surface area contributed by atoms with Crippen LogP contribution in [0, 0.1) is 0 Å². The summed E-state index contributed by atoms with van der Waals surface area (Å²) >= 11 is 13.8. The summed E-state index contributed by atoms with van der Waals surface area (Å²) in [5.74, 6) is 0.500. The van der Waals surface area contributed by atoms with E-state index in [1.807, 2.05) is 12.1 Å². The van der Waals surface area contributed by atoms with Crippen LogP contribution in [-0.2, 0) is 11.3 Å². The summed E-state index contributed by atoms with van der Waals surface area (Å²) in [5.41, 5.74) is 1.08. The predicted molar refractivity (Wildman–Crippen MR) is 123 cm³/mol. The van der Waals surface area contributed by atoms with Crippen LogP contribution in [0.25, 0.3) is 0 Å². The highest BCUT2D eigenvalue weighted by atomic mass is 35.5. The van der Waals surface area contributed by atoms with Crippen molar-refractivity contribution < 1.29 is 4.79 Å². The first-order valence-electron chi connectivity index (χ1n) is 10.6. The van der Waals surface area contributed by atoms with Crippen molar-refractivity contribution in [3.05, 3.63) is 38.8 Å². The molecule has 2 aromatic rings. The van der Waals surface area contributed by atoms with Crippen molar-refractivity contribution in [3.63, 3.8) is 0 Å². The maximum absolute atomic E-state index is 12.5. The van der Waals surface area contributed by atoms with Gasteiger partial charge in [0.2, 0.25) is 11.0 Å². The van der Waals surface area contributed by atoms with Crippen molar-refractivity contribution in [1.82, 2.24) is 20.0 Å². The van der Waals surface area contributed by atoms with Crippen LogP contribution in [-0.4, -0.2) is 58.6 Å². The lowest BCUT2D eigenvalue weighted by molar-refractivity contribution is -0.117. The number of carbonyl (C=O) groups is 1. The van der Waals surface area contributed by atoms with Crippen LogP contribution in [0.5, 0.6) is 0 Å². The molecule has 0 radical (unpaired) electrons. The second kappa shape index (κ2) is 10.4. The monoisotopic (exact) mass is 467 g/mol. The molecule has 1 saturated carbocycles. The van der Waals surface area contributed by atoms with E-state index in [4.69, 9.17) is 23.2 Å². The van der Waals surface area contributed by atoms with E-state index in [0.717, 1.165) is 43.3 Å². The van der Waals surface area contributed by atoms with Crippen molar-refractivity contribution in [2.75, 3.05) is 38.0 Å². The van der Waals surface area contributed by atoms with Crippen LogP contribution in [0.2, 0.25) is 10.0 Å². The molecule has 0 unspecified atom stereocenters. The molecule has 1 aliphatic heterocycles. The number of halogens is 2. The molecule has 0 spiro atoms. The molecule has 1 aliphatic carbocycles. The van der Waals surface area contributed by atoms with Crippen molar-refractivity contribution >= 4 is 45.6 Å². The van der Waals surface area contributed by atoms with Gasteiger partial charge in [0.15, 0.2) is 0 Å². The number of hydrogen-bond donors (Lipinski definition) is 1. The maximum Gasteiger partial charge on any atom is 0.240 e. The van der Waals surface area contributed by atoms with Crippen LogP contribution in [0.1, 0.15) is 48.6 Å². The minimum absolute atomic E-state index is 0.0180. The van der Waals surface area contributed by atoms with Crippen molar-refractivity contribution in [2.45, 2.75) is 44.6 Å². The zero-order chi connectivity index (χ0) is 20.9. The molecule has 9 heteroatoms. The van der Waals surface area contributed by atoms with Gasteiger partial charge in [-0.1, -0.05) is 59.9 Å². The highest BCUT2D eigenvalue weighted by Crippen LogP contribution is 2.35. The fourth-order valence-corrected chi connectivity index (χ4v) is 5.55. The van der Waals surface area contributed by atoms with Gasteiger partial charge in [-0.2, -0.15) is 0 Å². The SMILES string of the molecule is O=C(CN1CCN(Cc2ccc(Cl)cc2Cl)CC1)Nc1nnc(C2CCCCC2)s1. The number of piperazine rings is 1. The number of benzene rings is 1. The molecular formula is C21H27Cl2N5OS. The average molecular weight is 468 g/mol. The fraction of sp³-hybridized carbons (Fsp3) is 0.571. The molecule has 1 amide bonds. The topological polar surface area (TPSA) is 61.4 Å². The first kappa shape index (κ1) is 22.0. The van der Waals surface area contributed by atoms with Crippen LogP contribution < -0.4 is 5.32 Å². The maximum atomic E-state index is 12.5.